The third-order valence-corrected chi connectivity index (χ3v) is 5.16. The normalized spacial score (nSPS) is 15.5. The van der Waals surface area contributed by atoms with Gasteiger partial charge in [0, 0.05) is 26.2 Å². The van der Waals surface area contributed by atoms with Gasteiger partial charge in [-0.25, -0.2) is 0 Å². The van der Waals surface area contributed by atoms with Crippen molar-refractivity contribution in [3.8, 4) is 5.75 Å². The van der Waals surface area contributed by atoms with Gasteiger partial charge >= 0.3 is 0 Å². The lowest BCUT2D eigenvalue weighted by atomic mass is 10.1. The van der Waals surface area contributed by atoms with E-state index in [1.54, 1.807) is 7.11 Å². The van der Waals surface area contributed by atoms with Crippen molar-refractivity contribution in [1.82, 2.24) is 20.3 Å². The highest BCUT2D eigenvalue weighted by atomic mass is 16.5. The third-order valence-electron chi connectivity index (χ3n) is 5.16. The molecule has 0 radical (unpaired) electrons. The first kappa shape index (κ1) is 16.8. The van der Waals surface area contributed by atoms with Crippen molar-refractivity contribution in [2.24, 2.45) is 0 Å². The summed E-state index contributed by atoms with van der Waals surface area (Å²) < 4.78 is 5.50. The number of hydrogen-bond donors (Lipinski definition) is 1. The summed E-state index contributed by atoms with van der Waals surface area (Å²) in [6.07, 6.45) is 2.18. The summed E-state index contributed by atoms with van der Waals surface area (Å²) in [6.45, 7) is 5.38. The van der Waals surface area contributed by atoms with Crippen LogP contribution in [0.2, 0.25) is 0 Å². The van der Waals surface area contributed by atoms with E-state index in [0.717, 1.165) is 62.3 Å². The summed E-state index contributed by atoms with van der Waals surface area (Å²) in [5.41, 5.74) is 4.51. The Morgan fingerprint density at radius 1 is 1.04 bits per heavy atom. The zero-order chi connectivity index (χ0) is 17.8. The van der Waals surface area contributed by atoms with Gasteiger partial charge in [0.2, 0.25) is 0 Å². The van der Waals surface area contributed by atoms with Gasteiger partial charge in [0.15, 0.2) is 0 Å². The predicted molar refractivity (Wildman–Crippen MR) is 104 cm³/mol. The molecule has 0 saturated carbocycles. The van der Waals surface area contributed by atoms with Crippen LogP contribution in [-0.2, 0) is 6.42 Å². The number of H-pyrrole nitrogens is 1. The van der Waals surface area contributed by atoms with Crippen LogP contribution in [0, 0.1) is 0 Å². The van der Waals surface area contributed by atoms with E-state index < -0.39 is 0 Å². The number of anilines is 1. The van der Waals surface area contributed by atoms with Crippen molar-refractivity contribution in [2.75, 3.05) is 44.7 Å². The Morgan fingerprint density at radius 2 is 1.88 bits per heavy atom. The van der Waals surface area contributed by atoms with Crippen molar-refractivity contribution >= 4 is 16.7 Å². The molecule has 136 valence electrons. The van der Waals surface area contributed by atoms with Crippen LogP contribution >= 0.6 is 0 Å². The fourth-order valence-electron chi connectivity index (χ4n) is 3.73. The number of nitrogens with one attached hydrogen (secondary N) is 1. The molecule has 1 N–H and O–H groups in total. The fourth-order valence-corrected chi connectivity index (χ4v) is 3.73. The topological polar surface area (TPSA) is 57.3 Å². The predicted octanol–water partition coefficient (Wildman–Crippen LogP) is 2.72. The first-order valence-electron chi connectivity index (χ1n) is 9.24. The van der Waals surface area contributed by atoms with Gasteiger partial charge in [0.1, 0.15) is 11.3 Å². The molecule has 6 nitrogen and oxygen atoms in total. The van der Waals surface area contributed by atoms with Gasteiger partial charge in [-0.15, -0.1) is 5.10 Å². The monoisotopic (exact) mass is 351 g/mol. The molecule has 4 rings (SSSR count). The second kappa shape index (κ2) is 7.74. The Bertz CT molecular complexity index is 854. The minimum absolute atomic E-state index is 0.960. The van der Waals surface area contributed by atoms with Crippen LogP contribution < -0.4 is 9.64 Å². The molecule has 0 aliphatic carbocycles. The van der Waals surface area contributed by atoms with Crippen LogP contribution in [0.1, 0.15) is 12.0 Å². The summed E-state index contributed by atoms with van der Waals surface area (Å²) in [6, 6.07) is 14.5. The molecular weight excluding hydrogens is 326 g/mol. The van der Waals surface area contributed by atoms with Crippen LogP contribution in [0.25, 0.3) is 11.0 Å². The van der Waals surface area contributed by atoms with Gasteiger partial charge in [-0.3, -0.25) is 10.00 Å². The molecule has 0 bridgehead atoms. The highest BCUT2D eigenvalue weighted by Gasteiger charge is 2.19. The summed E-state index contributed by atoms with van der Waals surface area (Å²) in [4.78, 5) is 4.97. The first-order valence-corrected chi connectivity index (χ1v) is 9.24. The zero-order valence-corrected chi connectivity index (χ0v) is 15.2. The number of benzene rings is 2. The van der Waals surface area contributed by atoms with Crippen molar-refractivity contribution in [2.45, 2.75) is 12.8 Å². The van der Waals surface area contributed by atoms with E-state index in [2.05, 4.69) is 49.5 Å². The summed E-state index contributed by atoms with van der Waals surface area (Å²) in [5, 5.41) is 11.1. The third kappa shape index (κ3) is 3.51. The van der Waals surface area contributed by atoms with Crippen molar-refractivity contribution in [1.29, 1.82) is 0 Å². The number of rotatable bonds is 6. The number of fused-ring (bicyclic) bond motifs is 1. The van der Waals surface area contributed by atoms with Crippen molar-refractivity contribution in [3.63, 3.8) is 0 Å². The lowest BCUT2D eigenvalue weighted by Gasteiger charge is -2.36. The Labute approximate surface area is 153 Å². The maximum absolute atomic E-state index is 5.50. The van der Waals surface area contributed by atoms with Gasteiger partial charge in [0.25, 0.3) is 0 Å². The SMILES string of the molecule is COc1ccccc1N1CCN(CCCc2cccc3[nH]nnc23)CC1. The average molecular weight is 351 g/mol. The minimum Gasteiger partial charge on any atom is -0.495 e. The zero-order valence-electron chi connectivity index (χ0n) is 15.2. The van der Waals surface area contributed by atoms with Gasteiger partial charge in [0.05, 0.1) is 18.3 Å². The number of aromatic nitrogens is 3. The lowest BCUT2D eigenvalue weighted by molar-refractivity contribution is 0.254. The van der Waals surface area contributed by atoms with E-state index in [1.165, 1.54) is 11.3 Å². The molecule has 0 unspecified atom stereocenters. The quantitative estimate of drug-likeness (QED) is 0.740. The molecule has 3 aromatic rings. The molecule has 1 aliphatic rings. The van der Waals surface area contributed by atoms with E-state index in [9.17, 15) is 0 Å². The summed E-state index contributed by atoms with van der Waals surface area (Å²) in [7, 11) is 1.74. The molecule has 2 heterocycles. The Kier molecular flexibility index (Phi) is 5.02. The first-order chi connectivity index (χ1) is 12.8. The molecule has 2 aromatic carbocycles. The number of hydrogen-bond acceptors (Lipinski definition) is 5. The maximum atomic E-state index is 5.50. The van der Waals surface area contributed by atoms with Crippen LogP contribution in [0.15, 0.2) is 42.5 Å². The van der Waals surface area contributed by atoms with Crippen molar-refractivity contribution < 1.29 is 4.74 Å². The number of ether oxygens (including phenoxy) is 1. The number of aromatic amines is 1. The second-order valence-electron chi connectivity index (χ2n) is 6.73. The average Bonchev–Trinajstić information content (AvgIpc) is 3.18. The van der Waals surface area contributed by atoms with E-state index in [0.29, 0.717) is 0 Å². The molecule has 6 heteroatoms. The number of nitrogens with zero attached hydrogens (tertiary/aromatic N) is 4. The van der Waals surface area contributed by atoms with Gasteiger partial charge in [-0.05, 0) is 43.1 Å². The van der Waals surface area contributed by atoms with Crippen molar-refractivity contribution in [3.05, 3.63) is 48.0 Å². The molecular formula is C20H25N5O. The Hall–Kier alpha value is -2.60. The highest BCUT2D eigenvalue weighted by Crippen LogP contribution is 2.28. The lowest BCUT2D eigenvalue weighted by Crippen LogP contribution is -2.46. The highest BCUT2D eigenvalue weighted by molar-refractivity contribution is 5.77. The van der Waals surface area contributed by atoms with Gasteiger partial charge in [-0.2, -0.15) is 0 Å². The number of methoxy groups -OCH3 is 1. The Balaban J connectivity index is 1.28. The number of aryl methyl sites for hydroxylation is 1. The fraction of sp³-hybridized carbons (Fsp3) is 0.400. The molecule has 0 atom stereocenters. The Morgan fingerprint density at radius 3 is 2.73 bits per heavy atom. The summed E-state index contributed by atoms with van der Waals surface area (Å²) >= 11 is 0. The van der Waals surface area contributed by atoms with E-state index in [-0.39, 0.29) is 0 Å². The second-order valence-corrected chi connectivity index (χ2v) is 6.73. The molecule has 1 aromatic heterocycles. The minimum atomic E-state index is 0.960. The van der Waals surface area contributed by atoms with E-state index in [1.807, 2.05) is 18.2 Å². The molecule has 0 amide bonds. The largest absolute Gasteiger partial charge is 0.495 e. The van der Waals surface area contributed by atoms with Crippen LogP contribution in [0.3, 0.4) is 0 Å². The maximum Gasteiger partial charge on any atom is 0.142 e. The molecule has 0 spiro atoms. The smallest absolute Gasteiger partial charge is 0.142 e. The number of para-hydroxylation sites is 2. The van der Waals surface area contributed by atoms with Gasteiger partial charge < -0.3 is 9.64 Å². The molecule has 1 aliphatic heterocycles. The van der Waals surface area contributed by atoms with Crippen LogP contribution in [0.5, 0.6) is 5.75 Å². The van der Waals surface area contributed by atoms with Crippen LogP contribution in [-0.4, -0.2) is 60.1 Å². The van der Waals surface area contributed by atoms with Crippen LogP contribution in [0.4, 0.5) is 5.69 Å². The van der Waals surface area contributed by atoms with Gasteiger partial charge in [-0.1, -0.05) is 29.5 Å². The molecule has 1 fully saturated rings. The summed E-state index contributed by atoms with van der Waals surface area (Å²) in [5.74, 6) is 0.960. The van der Waals surface area contributed by atoms with E-state index >= 15 is 0 Å². The molecule has 26 heavy (non-hydrogen) atoms. The standard InChI is InChI=1S/C20H25N5O/c1-26-19-10-3-2-9-18(19)25-14-12-24(13-15-25)11-5-7-16-6-4-8-17-20(16)22-23-21-17/h2-4,6,8-10H,5,7,11-15H2,1H3,(H,21,22,23). The molecule has 1 saturated heterocycles. The number of piperazine rings is 1. The van der Waals surface area contributed by atoms with E-state index in [4.69, 9.17) is 4.74 Å².